The van der Waals surface area contributed by atoms with E-state index in [4.69, 9.17) is 4.74 Å². The smallest absolute Gasteiger partial charge is 0.410 e. The Labute approximate surface area is 128 Å². The van der Waals surface area contributed by atoms with Crippen LogP contribution < -0.4 is 5.32 Å². The number of nitrogens with one attached hydrogen (secondary N) is 1. The minimum Gasteiger partial charge on any atom is -0.444 e. The Kier molecular flexibility index (Phi) is 6.21. The first-order valence-corrected chi connectivity index (χ1v) is 7.40. The van der Waals surface area contributed by atoms with E-state index in [0.717, 1.165) is 13.1 Å². The molecule has 0 unspecified atom stereocenters. The standard InChI is InChI=1S/C17H28N2O2/c1-13-8-7-9-14(2)15(13)12-18-10-11-19(6)16(20)21-17(3,4)5/h7-9,18H,10-12H2,1-6H3. The lowest BCUT2D eigenvalue weighted by molar-refractivity contribution is 0.0300. The maximum absolute atomic E-state index is 11.8. The lowest BCUT2D eigenvalue weighted by Crippen LogP contribution is -2.37. The molecule has 0 spiro atoms. The van der Waals surface area contributed by atoms with Crippen molar-refractivity contribution < 1.29 is 9.53 Å². The molecular formula is C17H28N2O2. The van der Waals surface area contributed by atoms with Crippen molar-refractivity contribution in [1.82, 2.24) is 10.2 Å². The zero-order valence-electron chi connectivity index (χ0n) is 14.1. The molecule has 0 aliphatic heterocycles. The van der Waals surface area contributed by atoms with Crippen LogP contribution in [0.5, 0.6) is 0 Å². The van der Waals surface area contributed by atoms with Crippen LogP contribution in [0.1, 0.15) is 37.5 Å². The summed E-state index contributed by atoms with van der Waals surface area (Å²) in [4.78, 5) is 13.4. The molecule has 0 saturated heterocycles. The summed E-state index contributed by atoms with van der Waals surface area (Å²) in [5.74, 6) is 0. The van der Waals surface area contributed by atoms with Crippen LogP contribution in [0.15, 0.2) is 18.2 Å². The van der Waals surface area contributed by atoms with Crippen LogP contribution in [-0.4, -0.2) is 36.7 Å². The van der Waals surface area contributed by atoms with E-state index in [2.05, 4.69) is 37.4 Å². The molecular weight excluding hydrogens is 264 g/mol. The van der Waals surface area contributed by atoms with Crippen molar-refractivity contribution in [2.45, 2.75) is 46.8 Å². The number of carbonyl (C=O) groups excluding carboxylic acids is 1. The third-order valence-corrected chi connectivity index (χ3v) is 3.28. The second-order valence-corrected chi connectivity index (χ2v) is 6.45. The van der Waals surface area contributed by atoms with Crippen molar-refractivity contribution in [3.63, 3.8) is 0 Å². The predicted octanol–water partition coefficient (Wildman–Crippen LogP) is 3.26. The summed E-state index contributed by atoms with van der Waals surface area (Å²) in [6.07, 6.45) is -0.281. The van der Waals surface area contributed by atoms with E-state index in [1.807, 2.05) is 20.8 Å². The molecule has 4 heteroatoms. The van der Waals surface area contributed by atoms with Crippen LogP contribution in [0.25, 0.3) is 0 Å². The molecule has 0 saturated carbocycles. The molecule has 21 heavy (non-hydrogen) atoms. The normalized spacial score (nSPS) is 11.3. The Morgan fingerprint density at radius 2 is 1.81 bits per heavy atom. The molecule has 0 heterocycles. The van der Waals surface area contributed by atoms with Crippen molar-refractivity contribution in [2.75, 3.05) is 20.1 Å². The quantitative estimate of drug-likeness (QED) is 0.847. The molecule has 0 aromatic heterocycles. The van der Waals surface area contributed by atoms with E-state index >= 15 is 0 Å². The van der Waals surface area contributed by atoms with Gasteiger partial charge in [0.15, 0.2) is 0 Å². The SMILES string of the molecule is Cc1cccc(C)c1CNCCN(C)C(=O)OC(C)(C)C. The van der Waals surface area contributed by atoms with E-state index in [1.165, 1.54) is 16.7 Å². The van der Waals surface area contributed by atoms with Crippen molar-refractivity contribution in [3.05, 3.63) is 34.9 Å². The van der Waals surface area contributed by atoms with E-state index in [-0.39, 0.29) is 6.09 Å². The van der Waals surface area contributed by atoms with Gasteiger partial charge in [-0.3, -0.25) is 0 Å². The molecule has 0 fully saturated rings. The topological polar surface area (TPSA) is 41.6 Å². The molecule has 0 aliphatic carbocycles. The molecule has 118 valence electrons. The highest BCUT2D eigenvalue weighted by atomic mass is 16.6. The largest absolute Gasteiger partial charge is 0.444 e. The molecule has 0 bridgehead atoms. The number of carbonyl (C=O) groups is 1. The molecule has 1 rings (SSSR count). The maximum atomic E-state index is 11.8. The lowest BCUT2D eigenvalue weighted by atomic mass is 10.0. The van der Waals surface area contributed by atoms with Gasteiger partial charge in [-0.2, -0.15) is 0 Å². The third kappa shape index (κ3) is 6.17. The van der Waals surface area contributed by atoms with Gasteiger partial charge in [0.05, 0.1) is 0 Å². The average Bonchev–Trinajstić information content (AvgIpc) is 2.35. The fourth-order valence-electron chi connectivity index (χ4n) is 2.02. The zero-order valence-corrected chi connectivity index (χ0v) is 14.1. The molecule has 0 atom stereocenters. The summed E-state index contributed by atoms with van der Waals surface area (Å²) in [5, 5.41) is 3.38. The van der Waals surface area contributed by atoms with Crippen LogP contribution in [0.2, 0.25) is 0 Å². The number of hydrogen-bond acceptors (Lipinski definition) is 3. The van der Waals surface area contributed by atoms with Crippen LogP contribution in [0, 0.1) is 13.8 Å². The predicted molar refractivity (Wildman–Crippen MR) is 86.5 cm³/mol. The van der Waals surface area contributed by atoms with Gasteiger partial charge < -0.3 is 15.0 Å². The van der Waals surface area contributed by atoms with Crippen molar-refractivity contribution in [3.8, 4) is 0 Å². The maximum Gasteiger partial charge on any atom is 0.410 e. The summed E-state index contributed by atoms with van der Waals surface area (Å²) in [6, 6.07) is 6.32. The van der Waals surface area contributed by atoms with Gasteiger partial charge in [-0.25, -0.2) is 4.79 Å². The Bertz CT molecular complexity index is 458. The second kappa shape index (κ2) is 7.46. The fourth-order valence-corrected chi connectivity index (χ4v) is 2.02. The van der Waals surface area contributed by atoms with Gasteiger partial charge in [0.2, 0.25) is 0 Å². The molecule has 1 N–H and O–H groups in total. The highest BCUT2D eigenvalue weighted by Gasteiger charge is 2.19. The minimum atomic E-state index is -0.447. The number of nitrogens with zero attached hydrogens (tertiary/aromatic N) is 1. The van der Waals surface area contributed by atoms with Gasteiger partial charge in [0.1, 0.15) is 5.60 Å². The number of benzene rings is 1. The van der Waals surface area contributed by atoms with E-state index < -0.39 is 5.60 Å². The summed E-state index contributed by atoms with van der Waals surface area (Å²) >= 11 is 0. The van der Waals surface area contributed by atoms with Gasteiger partial charge in [-0.05, 0) is 51.3 Å². The molecule has 0 aliphatic rings. The van der Waals surface area contributed by atoms with E-state index in [0.29, 0.717) is 6.54 Å². The molecule has 1 aromatic carbocycles. The van der Waals surface area contributed by atoms with Gasteiger partial charge >= 0.3 is 6.09 Å². The second-order valence-electron chi connectivity index (χ2n) is 6.45. The highest BCUT2D eigenvalue weighted by Crippen LogP contribution is 2.12. The van der Waals surface area contributed by atoms with Gasteiger partial charge in [0.25, 0.3) is 0 Å². The van der Waals surface area contributed by atoms with E-state index in [1.54, 1.807) is 11.9 Å². The fraction of sp³-hybridized carbons (Fsp3) is 0.588. The van der Waals surface area contributed by atoms with Gasteiger partial charge in [-0.1, -0.05) is 18.2 Å². The lowest BCUT2D eigenvalue weighted by Gasteiger charge is -2.24. The average molecular weight is 292 g/mol. The van der Waals surface area contributed by atoms with E-state index in [9.17, 15) is 4.79 Å². The number of rotatable bonds is 5. The number of likely N-dealkylation sites (N-methyl/N-ethyl adjacent to an activating group) is 1. The Balaban J connectivity index is 2.36. The Morgan fingerprint density at radius 3 is 2.33 bits per heavy atom. The first-order chi connectivity index (χ1) is 9.70. The summed E-state index contributed by atoms with van der Waals surface area (Å²) < 4.78 is 5.31. The van der Waals surface area contributed by atoms with Crippen molar-refractivity contribution >= 4 is 6.09 Å². The number of hydrogen-bond donors (Lipinski definition) is 1. The molecule has 0 radical (unpaired) electrons. The number of aryl methyl sites for hydroxylation is 2. The summed E-state index contributed by atoms with van der Waals surface area (Å²) in [7, 11) is 1.76. The van der Waals surface area contributed by atoms with Crippen molar-refractivity contribution in [1.29, 1.82) is 0 Å². The van der Waals surface area contributed by atoms with Crippen LogP contribution in [0.4, 0.5) is 4.79 Å². The monoisotopic (exact) mass is 292 g/mol. The summed E-state index contributed by atoms with van der Waals surface area (Å²) in [5.41, 5.74) is 3.47. The molecule has 1 aromatic rings. The third-order valence-electron chi connectivity index (χ3n) is 3.28. The first-order valence-electron chi connectivity index (χ1n) is 7.40. The zero-order chi connectivity index (χ0) is 16.0. The number of ether oxygens (including phenoxy) is 1. The molecule has 4 nitrogen and oxygen atoms in total. The first kappa shape index (κ1) is 17.5. The van der Waals surface area contributed by atoms with Crippen LogP contribution >= 0.6 is 0 Å². The van der Waals surface area contributed by atoms with Gasteiger partial charge in [0, 0.05) is 26.7 Å². The number of amides is 1. The Hall–Kier alpha value is -1.55. The molecule has 1 amide bonds. The van der Waals surface area contributed by atoms with Crippen molar-refractivity contribution in [2.24, 2.45) is 0 Å². The van der Waals surface area contributed by atoms with Crippen LogP contribution in [0.3, 0.4) is 0 Å². The van der Waals surface area contributed by atoms with Gasteiger partial charge in [-0.15, -0.1) is 0 Å². The summed E-state index contributed by atoms with van der Waals surface area (Å²) in [6.45, 7) is 12.0. The Morgan fingerprint density at radius 1 is 1.24 bits per heavy atom. The van der Waals surface area contributed by atoms with Crippen LogP contribution in [-0.2, 0) is 11.3 Å². The highest BCUT2D eigenvalue weighted by molar-refractivity contribution is 5.67. The minimum absolute atomic E-state index is 0.281.